The number of nitrogens with zero attached hydrogens (tertiary/aromatic N) is 1. The third-order valence-corrected chi connectivity index (χ3v) is 1.24. The average Bonchev–Trinajstić information content (AvgIpc) is 2.09. The first-order chi connectivity index (χ1) is 5.84. The van der Waals surface area contributed by atoms with E-state index in [9.17, 15) is 4.39 Å². The quantitative estimate of drug-likeness (QED) is 0.497. The van der Waals surface area contributed by atoms with Crippen LogP contribution in [0, 0.1) is 11.9 Å². The van der Waals surface area contributed by atoms with Gasteiger partial charge in [0.25, 0.3) is 0 Å². The largest absolute Gasteiger partial charge is 0.396 e. The Kier molecular flexibility index (Phi) is 3.26. The Balaban J connectivity index is 2.68. The van der Waals surface area contributed by atoms with Crippen LogP contribution in [0.25, 0.3) is 0 Å². The Morgan fingerprint density at radius 3 is 3.25 bits per heavy atom. The first-order valence-electron chi connectivity index (χ1n) is 3.65. The van der Waals surface area contributed by atoms with Gasteiger partial charge in [-0.15, -0.1) is 0 Å². The molecule has 0 unspecified atom stereocenters. The molecule has 0 aliphatic carbocycles. The van der Waals surface area contributed by atoms with Crippen molar-refractivity contribution in [2.24, 2.45) is 5.16 Å². The van der Waals surface area contributed by atoms with Gasteiger partial charge in [0, 0.05) is 5.56 Å². The molecule has 0 saturated heterocycles. The molecule has 1 aromatic rings. The van der Waals surface area contributed by atoms with Gasteiger partial charge < -0.3 is 4.84 Å². The Morgan fingerprint density at radius 1 is 1.75 bits per heavy atom. The molecule has 2 nitrogen and oxygen atoms in total. The SMILES string of the molecule is CCON=Cc1cc[c]cc1F. The Morgan fingerprint density at radius 2 is 2.58 bits per heavy atom. The molecule has 0 heterocycles. The summed E-state index contributed by atoms with van der Waals surface area (Å²) in [4.78, 5) is 4.68. The lowest BCUT2D eigenvalue weighted by Gasteiger charge is -1.93. The maximum Gasteiger partial charge on any atom is 0.132 e. The van der Waals surface area contributed by atoms with E-state index in [0.29, 0.717) is 12.2 Å². The summed E-state index contributed by atoms with van der Waals surface area (Å²) in [6.07, 6.45) is 1.34. The van der Waals surface area contributed by atoms with E-state index in [-0.39, 0.29) is 5.82 Å². The summed E-state index contributed by atoms with van der Waals surface area (Å²) >= 11 is 0. The van der Waals surface area contributed by atoms with E-state index in [4.69, 9.17) is 0 Å². The van der Waals surface area contributed by atoms with Crippen LogP contribution in [0.4, 0.5) is 4.39 Å². The van der Waals surface area contributed by atoms with Crippen LogP contribution in [-0.4, -0.2) is 12.8 Å². The van der Waals surface area contributed by atoms with Gasteiger partial charge >= 0.3 is 0 Å². The summed E-state index contributed by atoms with van der Waals surface area (Å²) in [7, 11) is 0. The van der Waals surface area contributed by atoms with E-state index >= 15 is 0 Å². The van der Waals surface area contributed by atoms with Crippen LogP contribution in [0.15, 0.2) is 23.4 Å². The predicted molar refractivity (Wildman–Crippen MR) is 44.5 cm³/mol. The molecule has 0 bridgehead atoms. The summed E-state index contributed by atoms with van der Waals surface area (Å²) in [5.74, 6) is -0.346. The first-order valence-corrected chi connectivity index (χ1v) is 3.65. The second-order valence-corrected chi connectivity index (χ2v) is 2.10. The summed E-state index contributed by atoms with van der Waals surface area (Å²) in [5, 5.41) is 3.54. The molecule has 1 radical (unpaired) electrons. The average molecular weight is 166 g/mol. The van der Waals surface area contributed by atoms with Crippen LogP contribution in [0.2, 0.25) is 0 Å². The molecule has 12 heavy (non-hydrogen) atoms. The van der Waals surface area contributed by atoms with Gasteiger partial charge in [0.15, 0.2) is 0 Å². The van der Waals surface area contributed by atoms with Crippen molar-refractivity contribution in [1.29, 1.82) is 0 Å². The van der Waals surface area contributed by atoms with Gasteiger partial charge in [-0.2, -0.15) is 0 Å². The van der Waals surface area contributed by atoms with E-state index in [1.165, 1.54) is 12.3 Å². The number of hydrogen-bond acceptors (Lipinski definition) is 2. The predicted octanol–water partition coefficient (Wildman–Crippen LogP) is 2.00. The highest BCUT2D eigenvalue weighted by Gasteiger charge is 1.95. The van der Waals surface area contributed by atoms with Crippen molar-refractivity contribution in [3.63, 3.8) is 0 Å². The van der Waals surface area contributed by atoms with Gasteiger partial charge in [0.2, 0.25) is 0 Å². The van der Waals surface area contributed by atoms with E-state index in [0.717, 1.165) is 0 Å². The lowest BCUT2D eigenvalue weighted by molar-refractivity contribution is 0.160. The van der Waals surface area contributed by atoms with Gasteiger partial charge in [-0.3, -0.25) is 0 Å². The Hall–Kier alpha value is -1.38. The minimum atomic E-state index is -0.346. The molecule has 3 heteroatoms. The molecule has 1 rings (SSSR count). The minimum Gasteiger partial charge on any atom is -0.396 e. The third kappa shape index (κ3) is 2.34. The maximum atomic E-state index is 12.8. The van der Waals surface area contributed by atoms with Crippen molar-refractivity contribution in [3.8, 4) is 0 Å². The normalized spacial score (nSPS) is 10.5. The molecule has 0 aliphatic rings. The fraction of sp³-hybridized carbons (Fsp3) is 0.222. The van der Waals surface area contributed by atoms with Crippen molar-refractivity contribution in [3.05, 3.63) is 35.6 Å². The molecule has 0 saturated carbocycles. The van der Waals surface area contributed by atoms with Gasteiger partial charge in [-0.05, 0) is 25.1 Å². The molecule has 63 valence electrons. The van der Waals surface area contributed by atoms with Crippen LogP contribution in [-0.2, 0) is 4.84 Å². The molecular weight excluding hydrogens is 157 g/mol. The monoisotopic (exact) mass is 166 g/mol. The molecule has 0 spiro atoms. The van der Waals surface area contributed by atoms with E-state index in [2.05, 4.69) is 16.1 Å². The number of benzene rings is 1. The standard InChI is InChI=1S/C9H9FNO/c1-2-12-11-7-8-5-3-4-6-9(8)10/h3,5-7H,2H2,1H3. The zero-order valence-corrected chi connectivity index (χ0v) is 6.75. The maximum absolute atomic E-state index is 12.8. The third-order valence-electron chi connectivity index (χ3n) is 1.24. The van der Waals surface area contributed by atoms with Crippen LogP contribution < -0.4 is 0 Å². The van der Waals surface area contributed by atoms with Crippen LogP contribution in [0.1, 0.15) is 12.5 Å². The smallest absolute Gasteiger partial charge is 0.132 e. The number of hydrogen-bond donors (Lipinski definition) is 0. The molecule has 0 amide bonds. The highest BCUT2D eigenvalue weighted by Crippen LogP contribution is 2.02. The summed E-state index contributed by atoms with van der Waals surface area (Å²) in [6, 6.07) is 7.07. The molecule has 0 aliphatic heterocycles. The van der Waals surface area contributed by atoms with Crippen molar-refractivity contribution >= 4 is 6.21 Å². The Bertz CT molecular complexity index is 273. The van der Waals surface area contributed by atoms with Crippen LogP contribution >= 0.6 is 0 Å². The van der Waals surface area contributed by atoms with E-state index in [1.807, 2.05) is 6.92 Å². The van der Waals surface area contributed by atoms with E-state index < -0.39 is 0 Å². The lowest BCUT2D eigenvalue weighted by Crippen LogP contribution is -1.88. The highest BCUT2D eigenvalue weighted by molar-refractivity contribution is 5.79. The lowest BCUT2D eigenvalue weighted by atomic mass is 10.2. The summed E-state index contributed by atoms with van der Waals surface area (Å²) in [6.45, 7) is 2.30. The van der Waals surface area contributed by atoms with Crippen molar-refractivity contribution < 1.29 is 9.23 Å². The number of halogens is 1. The van der Waals surface area contributed by atoms with Crippen molar-refractivity contribution in [1.82, 2.24) is 0 Å². The summed E-state index contributed by atoms with van der Waals surface area (Å²) in [5.41, 5.74) is 0.405. The molecule has 0 N–H and O–H groups in total. The van der Waals surface area contributed by atoms with Crippen molar-refractivity contribution in [2.75, 3.05) is 6.61 Å². The minimum absolute atomic E-state index is 0.346. The molecule has 0 fully saturated rings. The molecular formula is C9H9FNO. The second kappa shape index (κ2) is 4.49. The first kappa shape index (κ1) is 8.71. The summed E-state index contributed by atoms with van der Waals surface area (Å²) < 4.78 is 12.8. The van der Waals surface area contributed by atoms with Crippen molar-refractivity contribution in [2.45, 2.75) is 6.92 Å². The zero-order valence-electron chi connectivity index (χ0n) is 6.75. The van der Waals surface area contributed by atoms with Gasteiger partial charge in [0.05, 0.1) is 6.21 Å². The fourth-order valence-corrected chi connectivity index (χ4v) is 0.695. The molecule has 0 aromatic heterocycles. The van der Waals surface area contributed by atoms with Crippen LogP contribution in [0.5, 0.6) is 0 Å². The molecule has 0 atom stereocenters. The van der Waals surface area contributed by atoms with Crippen LogP contribution in [0.3, 0.4) is 0 Å². The van der Waals surface area contributed by atoms with Gasteiger partial charge in [-0.1, -0.05) is 11.2 Å². The second-order valence-electron chi connectivity index (χ2n) is 2.10. The zero-order chi connectivity index (χ0) is 8.81. The molecule has 1 aromatic carbocycles. The fourth-order valence-electron chi connectivity index (χ4n) is 0.695. The van der Waals surface area contributed by atoms with Gasteiger partial charge in [-0.25, -0.2) is 4.39 Å². The topological polar surface area (TPSA) is 21.6 Å². The van der Waals surface area contributed by atoms with Gasteiger partial charge in [0.1, 0.15) is 12.4 Å². The number of rotatable bonds is 3. The van der Waals surface area contributed by atoms with E-state index in [1.54, 1.807) is 12.1 Å². The highest BCUT2D eigenvalue weighted by atomic mass is 19.1. The number of oxime groups is 1. The Labute approximate surface area is 70.7 Å².